The van der Waals surface area contributed by atoms with Gasteiger partial charge in [0.05, 0.1) is 12.6 Å². The van der Waals surface area contributed by atoms with Crippen LogP contribution in [0.1, 0.15) is 34.1 Å². The number of aliphatic carboxylic acids is 1. The lowest BCUT2D eigenvalue weighted by molar-refractivity contribution is -0.142. The van der Waals surface area contributed by atoms with Crippen LogP contribution in [0.4, 0.5) is 0 Å². The number of hydrogen-bond acceptors (Lipinski definition) is 6. The Morgan fingerprint density at radius 3 is 2.00 bits per heavy atom. The molecule has 0 fully saturated rings. The molecule has 0 saturated carbocycles. The molecule has 3 unspecified atom stereocenters. The van der Waals surface area contributed by atoms with Gasteiger partial charge in [-0.15, -0.1) is 0 Å². The van der Waals surface area contributed by atoms with Crippen molar-refractivity contribution in [2.24, 2.45) is 17.6 Å². The molecule has 3 atom stereocenters. The summed E-state index contributed by atoms with van der Waals surface area (Å²) >= 11 is 4.01. The largest absolute Gasteiger partial charge is 0.480 e. The number of thiol groups is 1. The monoisotopic (exact) mass is 390 g/mol. The Bertz CT molecular complexity index is 513. The molecule has 0 saturated heterocycles. The Morgan fingerprint density at radius 2 is 1.58 bits per heavy atom. The second kappa shape index (κ2) is 11.7. The number of nitrogens with one attached hydrogen (secondary N) is 3. The van der Waals surface area contributed by atoms with Crippen molar-refractivity contribution in [1.82, 2.24) is 16.0 Å². The van der Waals surface area contributed by atoms with Crippen LogP contribution in [0.5, 0.6) is 0 Å². The van der Waals surface area contributed by atoms with Crippen LogP contribution in [0.3, 0.4) is 0 Å². The Hall–Kier alpha value is -1.81. The van der Waals surface area contributed by atoms with Crippen molar-refractivity contribution >= 4 is 36.3 Å². The number of hydrogen-bond donors (Lipinski definition) is 6. The molecule has 0 aromatic carbocycles. The molecule has 150 valence electrons. The van der Waals surface area contributed by atoms with Gasteiger partial charge in [-0.05, 0) is 18.3 Å². The number of carboxylic acid groups (broad SMARTS) is 1. The Morgan fingerprint density at radius 1 is 1.00 bits per heavy atom. The van der Waals surface area contributed by atoms with Gasteiger partial charge in [0.1, 0.15) is 12.1 Å². The summed E-state index contributed by atoms with van der Waals surface area (Å²) in [7, 11) is 0. The van der Waals surface area contributed by atoms with Crippen molar-refractivity contribution in [2.75, 3.05) is 12.3 Å². The van der Waals surface area contributed by atoms with E-state index in [4.69, 9.17) is 10.8 Å². The third kappa shape index (κ3) is 9.04. The molecule has 0 spiro atoms. The van der Waals surface area contributed by atoms with Gasteiger partial charge < -0.3 is 26.8 Å². The minimum atomic E-state index is -1.15. The highest BCUT2D eigenvalue weighted by atomic mass is 32.1. The Balaban J connectivity index is 4.63. The van der Waals surface area contributed by atoms with Gasteiger partial charge in [0.2, 0.25) is 17.7 Å². The van der Waals surface area contributed by atoms with E-state index in [1.807, 2.05) is 13.8 Å². The van der Waals surface area contributed by atoms with Crippen molar-refractivity contribution in [3.8, 4) is 0 Å². The normalized spacial score (nSPS) is 14.5. The first-order valence-corrected chi connectivity index (χ1v) is 9.09. The van der Waals surface area contributed by atoms with E-state index in [2.05, 4.69) is 28.6 Å². The summed E-state index contributed by atoms with van der Waals surface area (Å²) in [6, 6.07) is -2.81. The zero-order valence-corrected chi connectivity index (χ0v) is 16.5. The van der Waals surface area contributed by atoms with Crippen LogP contribution in [-0.2, 0) is 19.2 Å². The molecule has 0 radical (unpaired) electrons. The summed E-state index contributed by atoms with van der Waals surface area (Å²) in [4.78, 5) is 47.1. The van der Waals surface area contributed by atoms with Crippen LogP contribution in [-0.4, -0.2) is 59.2 Å². The molecular formula is C16H30N4O5S. The molecule has 0 bridgehead atoms. The topological polar surface area (TPSA) is 151 Å². The first kappa shape index (κ1) is 24.2. The van der Waals surface area contributed by atoms with Crippen molar-refractivity contribution in [1.29, 1.82) is 0 Å². The zero-order chi connectivity index (χ0) is 20.4. The molecule has 0 rings (SSSR count). The number of carbonyl (C=O) groups is 4. The van der Waals surface area contributed by atoms with E-state index in [0.29, 0.717) is 0 Å². The van der Waals surface area contributed by atoms with Crippen molar-refractivity contribution < 1.29 is 24.3 Å². The van der Waals surface area contributed by atoms with Crippen LogP contribution >= 0.6 is 12.6 Å². The molecule has 0 aliphatic carbocycles. The summed E-state index contributed by atoms with van der Waals surface area (Å²) in [6.07, 6.45) is 0.261. The maximum atomic E-state index is 12.2. The molecule has 0 aliphatic heterocycles. The molecule has 3 amide bonds. The standard InChI is InChI=1S/C16H30N4O5S/c1-8(2)5-10(16(24)25)20-14(22)11(7-26)19-12(21)6-18-15(23)13(17)9(3)4/h8-11,13,26H,5-7,17H2,1-4H3,(H,18,23)(H,19,21)(H,20,22)(H,24,25). The Labute approximate surface area is 159 Å². The SMILES string of the molecule is CC(C)CC(NC(=O)C(CS)NC(=O)CNC(=O)C(N)C(C)C)C(=O)O. The number of rotatable bonds is 11. The van der Waals surface area contributed by atoms with E-state index in [-0.39, 0.29) is 30.6 Å². The predicted octanol–water partition coefficient (Wildman–Crippen LogP) is -0.884. The second-order valence-electron chi connectivity index (χ2n) is 6.82. The maximum Gasteiger partial charge on any atom is 0.326 e. The number of amides is 3. The fourth-order valence-corrected chi connectivity index (χ4v) is 2.25. The van der Waals surface area contributed by atoms with Crippen molar-refractivity contribution in [3.63, 3.8) is 0 Å². The van der Waals surface area contributed by atoms with E-state index in [9.17, 15) is 19.2 Å². The smallest absolute Gasteiger partial charge is 0.326 e. The van der Waals surface area contributed by atoms with Crippen LogP contribution in [0.25, 0.3) is 0 Å². The lowest BCUT2D eigenvalue weighted by Gasteiger charge is -2.21. The van der Waals surface area contributed by atoms with Gasteiger partial charge in [0.25, 0.3) is 0 Å². The summed E-state index contributed by atoms with van der Waals surface area (Å²) in [5.74, 6) is -2.89. The minimum absolute atomic E-state index is 0.0228. The minimum Gasteiger partial charge on any atom is -0.480 e. The highest BCUT2D eigenvalue weighted by Gasteiger charge is 2.26. The van der Waals surface area contributed by atoms with Gasteiger partial charge in [-0.3, -0.25) is 14.4 Å². The third-order valence-corrected chi connectivity index (χ3v) is 3.97. The first-order valence-electron chi connectivity index (χ1n) is 8.46. The first-order chi connectivity index (χ1) is 12.0. The Kier molecular flexibility index (Phi) is 10.9. The van der Waals surface area contributed by atoms with Crippen LogP contribution in [0.2, 0.25) is 0 Å². The molecular weight excluding hydrogens is 360 g/mol. The fraction of sp³-hybridized carbons (Fsp3) is 0.750. The zero-order valence-electron chi connectivity index (χ0n) is 15.6. The van der Waals surface area contributed by atoms with E-state index < -0.39 is 41.8 Å². The molecule has 0 aliphatic rings. The lowest BCUT2D eigenvalue weighted by atomic mass is 10.0. The summed E-state index contributed by atoms with van der Waals surface area (Å²) < 4.78 is 0. The molecule has 10 heteroatoms. The van der Waals surface area contributed by atoms with E-state index in [0.717, 1.165) is 0 Å². The van der Waals surface area contributed by atoms with Gasteiger partial charge in [0, 0.05) is 5.75 Å². The molecule has 0 heterocycles. The quantitative estimate of drug-likeness (QED) is 0.252. The predicted molar refractivity (Wildman–Crippen MR) is 101 cm³/mol. The van der Waals surface area contributed by atoms with Gasteiger partial charge in [-0.2, -0.15) is 12.6 Å². The maximum absolute atomic E-state index is 12.2. The summed E-state index contributed by atoms with van der Waals surface area (Å²) in [5, 5.41) is 16.4. The van der Waals surface area contributed by atoms with Crippen LogP contribution in [0, 0.1) is 11.8 Å². The number of nitrogens with two attached hydrogens (primary N) is 1. The molecule has 0 aromatic rings. The van der Waals surface area contributed by atoms with E-state index in [1.54, 1.807) is 13.8 Å². The average molecular weight is 391 g/mol. The molecule has 6 N–H and O–H groups in total. The third-order valence-electron chi connectivity index (χ3n) is 3.60. The van der Waals surface area contributed by atoms with E-state index in [1.165, 1.54) is 0 Å². The second-order valence-corrected chi connectivity index (χ2v) is 7.18. The van der Waals surface area contributed by atoms with Gasteiger partial charge in [0.15, 0.2) is 0 Å². The molecule has 26 heavy (non-hydrogen) atoms. The molecule has 0 aromatic heterocycles. The summed E-state index contributed by atoms with van der Waals surface area (Å²) in [6.45, 7) is 6.89. The van der Waals surface area contributed by atoms with Gasteiger partial charge in [-0.1, -0.05) is 27.7 Å². The average Bonchev–Trinajstić information content (AvgIpc) is 2.55. The lowest BCUT2D eigenvalue weighted by Crippen LogP contribution is -2.54. The van der Waals surface area contributed by atoms with E-state index >= 15 is 0 Å². The van der Waals surface area contributed by atoms with Crippen LogP contribution in [0.15, 0.2) is 0 Å². The van der Waals surface area contributed by atoms with Gasteiger partial charge in [-0.25, -0.2) is 4.79 Å². The van der Waals surface area contributed by atoms with Gasteiger partial charge >= 0.3 is 5.97 Å². The number of carboxylic acids is 1. The summed E-state index contributed by atoms with van der Waals surface area (Å²) in [5.41, 5.74) is 5.67. The number of carbonyl (C=O) groups excluding carboxylic acids is 3. The van der Waals surface area contributed by atoms with Crippen LogP contribution < -0.4 is 21.7 Å². The highest BCUT2D eigenvalue weighted by Crippen LogP contribution is 2.05. The molecule has 9 nitrogen and oxygen atoms in total. The van der Waals surface area contributed by atoms with Crippen molar-refractivity contribution in [3.05, 3.63) is 0 Å². The highest BCUT2D eigenvalue weighted by molar-refractivity contribution is 7.80. The fourth-order valence-electron chi connectivity index (χ4n) is 1.99. The van der Waals surface area contributed by atoms with Crippen molar-refractivity contribution in [2.45, 2.75) is 52.2 Å².